The summed E-state index contributed by atoms with van der Waals surface area (Å²) >= 11 is 0. The van der Waals surface area contributed by atoms with Crippen LogP contribution >= 0.6 is 0 Å². The minimum atomic E-state index is 0.166. The smallest absolute Gasteiger partial charge is 0.213 e. The topological polar surface area (TPSA) is 57.9 Å². The van der Waals surface area contributed by atoms with Gasteiger partial charge in [-0.1, -0.05) is 26.0 Å². The van der Waals surface area contributed by atoms with Crippen LogP contribution in [0.2, 0.25) is 0 Å². The number of nitrogens with zero attached hydrogens (tertiary/aromatic N) is 2. The molecule has 1 aromatic carbocycles. The lowest BCUT2D eigenvalue weighted by Crippen LogP contribution is -2.16. The number of pyridine rings is 1. The Morgan fingerprint density at radius 3 is 2.46 bits per heavy atom. The van der Waals surface area contributed by atoms with Crippen LogP contribution in [0.5, 0.6) is 5.88 Å². The number of nitriles is 1. The average Bonchev–Trinajstić information content (AvgIpc) is 2.55. The van der Waals surface area contributed by atoms with Crippen molar-refractivity contribution >= 4 is 0 Å². The number of hydrogen-bond donors (Lipinski definition) is 1. The zero-order valence-electron chi connectivity index (χ0n) is 14.6. The van der Waals surface area contributed by atoms with Gasteiger partial charge in [0.15, 0.2) is 0 Å². The van der Waals surface area contributed by atoms with E-state index in [1.165, 1.54) is 0 Å². The van der Waals surface area contributed by atoms with Gasteiger partial charge in [-0.2, -0.15) is 5.26 Å². The summed E-state index contributed by atoms with van der Waals surface area (Å²) < 4.78 is 5.89. The Hall–Kier alpha value is -2.38. The molecule has 0 aliphatic carbocycles. The van der Waals surface area contributed by atoms with Crippen molar-refractivity contribution < 1.29 is 4.74 Å². The van der Waals surface area contributed by atoms with E-state index in [0.717, 1.165) is 30.6 Å². The summed E-state index contributed by atoms with van der Waals surface area (Å²) in [5.74, 6) is 1.29. The summed E-state index contributed by atoms with van der Waals surface area (Å²) in [6.45, 7) is 7.97. The third-order valence-corrected chi connectivity index (χ3v) is 3.67. The molecule has 1 unspecified atom stereocenters. The molecule has 0 radical (unpaired) electrons. The zero-order valence-corrected chi connectivity index (χ0v) is 14.6. The van der Waals surface area contributed by atoms with Gasteiger partial charge < -0.3 is 10.1 Å². The van der Waals surface area contributed by atoms with Crippen molar-refractivity contribution in [2.24, 2.45) is 5.92 Å². The van der Waals surface area contributed by atoms with Crippen LogP contribution in [0.3, 0.4) is 0 Å². The Bertz CT molecular complexity index is 674. The Morgan fingerprint density at radius 2 is 1.79 bits per heavy atom. The zero-order chi connectivity index (χ0) is 17.4. The van der Waals surface area contributed by atoms with Gasteiger partial charge in [-0.05, 0) is 48.6 Å². The molecule has 0 saturated carbocycles. The molecule has 0 saturated heterocycles. The molecule has 126 valence electrons. The van der Waals surface area contributed by atoms with Crippen molar-refractivity contribution in [3.05, 3.63) is 59.3 Å². The van der Waals surface area contributed by atoms with Gasteiger partial charge in [0.25, 0.3) is 0 Å². The fourth-order valence-corrected chi connectivity index (χ4v) is 2.59. The van der Waals surface area contributed by atoms with E-state index in [0.29, 0.717) is 17.4 Å². The quantitative estimate of drug-likeness (QED) is 0.796. The van der Waals surface area contributed by atoms with Crippen molar-refractivity contribution in [3.63, 3.8) is 0 Å². The van der Waals surface area contributed by atoms with Crippen LogP contribution in [0.1, 0.15) is 43.9 Å². The van der Waals surface area contributed by atoms with E-state index in [1.54, 1.807) is 6.20 Å². The number of hydrogen-bond acceptors (Lipinski definition) is 4. The Morgan fingerprint density at radius 1 is 1.08 bits per heavy atom. The molecule has 2 aromatic rings. The lowest BCUT2D eigenvalue weighted by Gasteiger charge is -2.16. The van der Waals surface area contributed by atoms with Crippen molar-refractivity contribution in [2.45, 2.75) is 46.4 Å². The SMILES string of the molecule is CC(C)CC(C)Oc1cc(CNCc2ccc(C#N)cc2)ccn1. The molecule has 1 aromatic heterocycles. The molecule has 0 amide bonds. The summed E-state index contributed by atoms with van der Waals surface area (Å²) in [6, 6.07) is 13.7. The average molecular weight is 323 g/mol. The first kappa shape index (κ1) is 18.0. The minimum absolute atomic E-state index is 0.166. The molecule has 0 fully saturated rings. The van der Waals surface area contributed by atoms with Gasteiger partial charge >= 0.3 is 0 Å². The minimum Gasteiger partial charge on any atom is -0.475 e. The third kappa shape index (κ3) is 6.02. The third-order valence-electron chi connectivity index (χ3n) is 3.67. The van der Waals surface area contributed by atoms with Gasteiger partial charge in [0.1, 0.15) is 0 Å². The Balaban J connectivity index is 1.84. The van der Waals surface area contributed by atoms with Crippen LogP contribution in [0.4, 0.5) is 0 Å². The molecule has 0 spiro atoms. The second-order valence-corrected chi connectivity index (χ2v) is 6.47. The standard InChI is InChI=1S/C20H25N3O/c1-15(2)10-16(3)24-20-11-19(8-9-23-20)14-22-13-18-6-4-17(12-21)5-7-18/h4-9,11,15-16,22H,10,13-14H2,1-3H3. The summed E-state index contributed by atoms with van der Waals surface area (Å²) in [4.78, 5) is 4.29. The highest BCUT2D eigenvalue weighted by Gasteiger charge is 2.08. The first-order valence-electron chi connectivity index (χ1n) is 8.38. The van der Waals surface area contributed by atoms with Crippen molar-refractivity contribution in [2.75, 3.05) is 0 Å². The second kappa shape index (κ2) is 9.05. The molecule has 4 heteroatoms. The van der Waals surface area contributed by atoms with Crippen molar-refractivity contribution in [1.29, 1.82) is 5.26 Å². The van der Waals surface area contributed by atoms with Gasteiger partial charge in [0.05, 0.1) is 17.7 Å². The maximum absolute atomic E-state index is 8.81. The van der Waals surface area contributed by atoms with Gasteiger partial charge in [-0.15, -0.1) is 0 Å². The lowest BCUT2D eigenvalue weighted by atomic mass is 10.1. The Kier molecular flexibility index (Phi) is 6.77. The van der Waals surface area contributed by atoms with E-state index < -0.39 is 0 Å². The highest BCUT2D eigenvalue weighted by molar-refractivity contribution is 5.31. The highest BCUT2D eigenvalue weighted by atomic mass is 16.5. The molecule has 0 aliphatic heterocycles. The Labute approximate surface area is 144 Å². The molecular weight excluding hydrogens is 298 g/mol. The number of benzene rings is 1. The van der Waals surface area contributed by atoms with E-state index in [1.807, 2.05) is 36.4 Å². The van der Waals surface area contributed by atoms with E-state index in [4.69, 9.17) is 10.00 Å². The first-order valence-corrected chi connectivity index (χ1v) is 8.38. The molecular formula is C20H25N3O. The molecule has 1 atom stereocenters. The van der Waals surface area contributed by atoms with Crippen LogP contribution in [0.25, 0.3) is 0 Å². The lowest BCUT2D eigenvalue weighted by molar-refractivity contribution is 0.185. The van der Waals surface area contributed by atoms with E-state index >= 15 is 0 Å². The van der Waals surface area contributed by atoms with E-state index in [9.17, 15) is 0 Å². The monoisotopic (exact) mass is 323 g/mol. The van der Waals surface area contributed by atoms with Gasteiger partial charge in [-0.3, -0.25) is 0 Å². The van der Waals surface area contributed by atoms with Crippen LogP contribution in [0.15, 0.2) is 42.6 Å². The fourth-order valence-electron chi connectivity index (χ4n) is 2.59. The molecule has 1 heterocycles. The first-order chi connectivity index (χ1) is 11.6. The molecule has 2 rings (SSSR count). The summed E-state index contributed by atoms with van der Waals surface area (Å²) in [5, 5.41) is 12.2. The molecule has 1 N–H and O–H groups in total. The van der Waals surface area contributed by atoms with Crippen LogP contribution < -0.4 is 10.1 Å². The number of rotatable bonds is 8. The summed E-state index contributed by atoms with van der Waals surface area (Å²) in [7, 11) is 0. The normalized spacial score (nSPS) is 12.0. The maximum Gasteiger partial charge on any atom is 0.213 e. The van der Waals surface area contributed by atoms with Crippen LogP contribution in [0, 0.1) is 17.2 Å². The van der Waals surface area contributed by atoms with Gasteiger partial charge in [0, 0.05) is 25.4 Å². The van der Waals surface area contributed by atoms with E-state index in [-0.39, 0.29) is 6.10 Å². The van der Waals surface area contributed by atoms with Crippen molar-refractivity contribution in [3.8, 4) is 11.9 Å². The molecule has 0 aliphatic rings. The number of aromatic nitrogens is 1. The van der Waals surface area contributed by atoms with Crippen LogP contribution in [-0.4, -0.2) is 11.1 Å². The number of ether oxygens (including phenoxy) is 1. The highest BCUT2D eigenvalue weighted by Crippen LogP contribution is 2.15. The maximum atomic E-state index is 8.81. The molecule has 24 heavy (non-hydrogen) atoms. The van der Waals surface area contributed by atoms with Crippen molar-refractivity contribution in [1.82, 2.24) is 10.3 Å². The largest absolute Gasteiger partial charge is 0.475 e. The number of nitrogens with one attached hydrogen (secondary N) is 1. The predicted molar refractivity (Wildman–Crippen MR) is 95.5 cm³/mol. The van der Waals surface area contributed by atoms with Gasteiger partial charge in [0.2, 0.25) is 5.88 Å². The summed E-state index contributed by atoms with van der Waals surface area (Å²) in [6.07, 6.45) is 2.97. The molecule has 4 nitrogen and oxygen atoms in total. The fraction of sp³-hybridized carbons (Fsp3) is 0.400. The summed E-state index contributed by atoms with van der Waals surface area (Å²) in [5.41, 5.74) is 2.99. The van der Waals surface area contributed by atoms with E-state index in [2.05, 4.69) is 37.1 Å². The molecule has 0 bridgehead atoms. The second-order valence-electron chi connectivity index (χ2n) is 6.47. The van der Waals surface area contributed by atoms with Crippen LogP contribution in [-0.2, 0) is 13.1 Å². The predicted octanol–water partition coefficient (Wildman–Crippen LogP) is 4.06. The van der Waals surface area contributed by atoms with Gasteiger partial charge in [-0.25, -0.2) is 4.98 Å².